The predicted octanol–water partition coefficient (Wildman–Crippen LogP) is 9.10. The molecule has 0 radical (unpaired) electrons. The van der Waals surface area contributed by atoms with Crippen LogP contribution in [0.15, 0.2) is 54.6 Å². The zero-order chi connectivity index (χ0) is 25.2. The van der Waals surface area contributed by atoms with Gasteiger partial charge in [-0.2, -0.15) is 0 Å². The van der Waals surface area contributed by atoms with Gasteiger partial charge in [0.1, 0.15) is 11.6 Å². The van der Waals surface area contributed by atoms with E-state index in [2.05, 4.69) is 52.0 Å². The van der Waals surface area contributed by atoms with E-state index in [1.54, 1.807) is 19.1 Å². The smallest absolute Gasteiger partial charge is 0.134 e. The molecule has 0 aliphatic heterocycles. The molecular weight excluding hydrogens is 428 g/mol. The Balaban J connectivity index is 0.000000507. The first-order valence-electron chi connectivity index (χ1n) is 12.6. The molecular formula is C30H45ClO2. The summed E-state index contributed by atoms with van der Waals surface area (Å²) >= 11 is 5.81. The molecule has 0 heterocycles. The van der Waals surface area contributed by atoms with E-state index in [1.807, 2.05) is 32.0 Å². The molecule has 2 aromatic carbocycles. The number of carbonyl (C=O) groups is 2. The first-order valence-corrected chi connectivity index (χ1v) is 13.0. The van der Waals surface area contributed by atoms with Crippen molar-refractivity contribution in [1.29, 1.82) is 0 Å². The third-order valence-electron chi connectivity index (χ3n) is 5.93. The fraction of sp³-hybridized carbons (Fsp3) is 0.533. The molecule has 0 aromatic heterocycles. The molecule has 3 atom stereocenters. The Bertz CT molecular complexity index is 768. The Hall–Kier alpha value is -1.93. The van der Waals surface area contributed by atoms with Crippen LogP contribution in [-0.4, -0.2) is 11.6 Å². The van der Waals surface area contributed by atoms with E-state index < -0.39 is 0 Å². The summed E-state index contributed by atoms with van der Waals surface area (Å²) in [6.07, 6.45) is 6.09. The third-order valence-corrected chi connectivity index (χ3v) is 6.18. The monoisotopic (exact) mass is 472 g/mol. The SMILES string of the molecule is CC.CC(=O)[C@H]1CC(=O)CC1c1ccc(Cl)cc1.CCC[C@H](C)CC.CCc1ccccc1. The lowest BCUT2D eigenvalue weighted by Gasteiger charge is -2.16. The van der Waals surface area contributed by atoms with Crippen molar-refractivity contribution in [3.63, 3.8) is 0 Å². The molecule has 3 heteroatoms. The van der Waals surface area contributed by atoms with Gasteiger partial charge in [0, 0.05) is 29.7 Å². The molecule has 184 valence electrons. The van der Waals surface area contributed by atoms with E-state index >= 15 is 0 Å². The highest BCUT2D eigenvalue weighted by molar-refractivity contribution is 6.30. The summed E-state index contributed by atoms with van der Waals surface area (Å²) in [6, 6.07) is 17.9. The van der Waals surface area contributed by atoms with Crippen LogP contribution < -0.4 is 0 Å². The average Bonchev–Trinajstić information content (AvgIpc) is 3.24. The molecule has 1 fully saturated rings. The Morgan fingerprint density at radius 3 is 1.94 bits per heavy atom. The van der Waals surface area contributed by atoms with Crippen molar-refractivity contribution in [3.05, 3.63) is 70.7 Å². The summed E-state index contributed by atoms with van der Waals surface area (Å²) in [5.41, 5.74) is 2.45. The van der Waals surface area contributed by atoms with Crippen LogP contribution in [0.25, 0.3) is 0 Å². The van der Waals surface area contributed by atoms with Crippen molar-refractivity contribution in [2.45, 2.75) is 92.9 Å². The van der Waals surface area contributed by atoms with Gasteiger partial charge >= 0.3 is 0 Å². The van der Waals surface area contributed by atoms with Crippen molar-refractivity contribution in [2.75, 3.05) is 0 Å². The Labute approximate surface area is 208 Å². The molecule has 2 nitrogen and oxygen atoms in total. The van der Waals surface area contributed by atoms with Crippen molar-refractivity contribution >= 4 is 23.2 Å². The molecule has 1 unspecified atom stereocenters. The molecule has 1 aliphatic rings. The van der Waals surface area contributed by atoms with Gasteiger partial charge in [0.25, 0.3) is 0 Å². The lowest BCUT2D eigenvalue weighted by Crippen LogP contribution is -2.14. The molecule has 1 saturated carbocycles. The van der Waals surface area contributed by atoms with Crippen LogP contribution in [0.2, 0.25) is 5.02 Å². The minimum Gasteiger partial charge on any atom is -0.300 e. The quantitative estimate of drug-likeness (QED) is 0.420. The Morgan fingerprint density at radius 2 is 1.55 bits per heavy atom. The summed E-state index contributed by atoms with van der Waals surface area (Å²) in [4.78, 5) is 22.9. The number of ketones is 2. The van der Waals surface area contributed by atoms with Gasteiger partial charge in [-0.25, -0.2) is 0 Å². The number of hydrogen-bond donors (Lipinski definition) is 0. The van der Waals surface area contributed by atoms with Crippen molar-refractivity contribution in [3.8, 4) is 0 Å². The minimum atomic E-state index is -0.145. The van der Waals surface area contributed by atoms with Gasteiger partial charge in [-0.05, 0) is 42.5 Å². The highest BCUT2D eigenvalue weighted by atomic mass is 35.5. The van der Waals surface area contributed by atoms with Crippen LogP contribution in [0.1, 0.15) is 97.6 Å². The molecule has 0 N–H and O–H groups in total. The van der Waals surface area contributed by atoms with Crippen LogP contribution in [0, 0.1) is 11.8 Å². The molecule has 0 spiro atoms. The predicted molar refractivity (Wildman–Crippen MR) is 144 cm³/mol. The van der Waals surface area contributed by atoms with Gasteiger partial charge in [-0.15, -0.1) is 0 Å². The lowest BCUT2D eigenvalue weighted by atomic mass is 9.87. The summed E-state index contributed by atoms with van der Waals surface area (Å²) in [5.74, 6) is 1.13. The second-order valence-electron chi connectivity index (χ2n) is 8.46. The first-order chi connectivity index (χ1) is 15.8. The van der Waals surface area contributed by atoms with Gasteiger partial charge in [-0.1, -0.05) is 115 Å². The number of carbonyl (C=O) groups excluding carboxylic acids is 2. The molecule has 3 rings (SSSR count). The second-order valence-corrected chi connectivity index (χ2v) is 8.90. The Morgan fingerprint density at radius 1 is 0.970 bits per heavy atom. The fourth-order valence-corrected chi connectivity index (χ4v) is 3.88. The van der Waals surface area contributed by atoms with Gasteiger partial charge in [-0.3, -0.25) is 9.59 Å². The fourth-order valence-electron chi connectivity index (χ4n) is 3.76. The lowest BCUT2D eigenvalue weighted by molar-refractivity contribution is -0.123. The number of hydrogen-bond acceptors (Lipinski definition) is 2. The molecule has 2 aromatic rings. The van der Waals surface area contributed by atoms with Crippen LogP contribution >= 0.6 is 11.6 Å². The van der Waals surface area contributed by atoms with Crippen molar-refractivity contribution in [2.24, 2.45) is 11.8 Å². The zero-order valence-corrected chi connectivity index (χ0v) is 22.6. The highest BCUT2D eigenvalue weighted by Crippen LogP contribution is 2.38. The largest absolute Gasteiger partial charge is 0.300 e. The number of benzene rings is 2. The van der Waals surface area contributed by atoms with Gasteiger partial charge in [0.2, 0.25) is 0 Å². The van der Waals surface area contributed by atoms with Gasteiger partial charge in [0.15, 0.2) is 0 Å². The number of aryl methyl sites for hydroxylation is 1. The number of Topliss-reactive ketones (excluding diaryl/α,β-unsaturated/α-hetero) is 2. The first kappa shape index (κ1) is 31.1. The maximum Gasteiger partial charge on any atom is 0.134 e. The third kappa shape index (κ3) is 12.8. The van der Waals surface area contributed by atoms with E-state index in [0.717, 1.165) is 17.9 Å². The maximum atomic E-state index is 11.5. The van der Waals surface area contributed by atoms with E-state index in [1.165, 1.54) is 24.8 Å². The zero-order valence-electron chi connectivity index (χ0n) is 21.9. The van der Waals surface area contributed by atoms with Gasteiger partial charge in [0.05, 0.1) is 0 Å². The van der Waals surface area contributed by atoms with Crippen LogP contribution in [0.5, 0.6) is 0 Å². The van der Waals surface area contributed by atoms with Crippen molar-refractivity contribution in [1.82, 2.24) is 0 Å². The number of rotatable bonds is 6. The molecule has 0 bridgehead atoms. The van der Waals surface area contributed by atoms with Crippen LogP contribution in [0.3, 0.4) is 0 Å². The number of halogens is 1. The maximum absolute atomic E-state index is 11.5. The summed E-state index contributed by atoms with van der Waals surface area (Å²) < 4.78 is 0. The van der Waals surface area contributed by atoms with E-state index in [-0.39, 0.29) is 23.4 Å². The molecule has 33 heavy (non-hydrogen) atoms. The minimum absolute atomic E-state index is 0.0438. The molecule has 0 saturated heterocycles. The van der Waals surface area contributed by atoms with E-state index in [4.69, 9.17) is 11.6 Å². The topological polar surface area (TPSA) is 34.1 Å². The van der Waals surface area contributed by atoms with Crippen LogP contribution in [0.4, 0.5) is 0 Å². The normalized spacial score (nSPS) is 17.4. The van der Waals surface area contributed by atoms with E-state index in [9.17, 15) is 9.59 Å². The Kier molecular flexibility index (Phi) is 17.4. The van der Waals surface area contributed by atoms with Gasteiger partial charge < -0.3 is 0 Å². The highest BCUT2D eigenvalue weighted by Gasteiger charge is 2.36. The van der Waals surface area contributed by atoms with Crippen LogP contribution in [-0.2, 0) is 16.0 Å². The summed E-state index contributed by atoms with van der Waals surface area (Å²) in [7, 11) is 0. The standard InChI is InChI=1S/C13H13ClO2.C8H10.C7H16.C2H6/c1-8(15)12-6-11(16)7-13(12)9-2-4-10(14)5-3-9;1-2-8-6-4-3-5-7-8;1-4-6-7(3)5-2;1-2/h2-5,12-13H,6-7H2,1H3;3-7H,2H2,1H3;7H,4-6H2,1-3H3;1-2H3/t12-,13?;;7-;/m1.1./s1. The second kappa shape index (κ2) is 18.5. The summed E-state index contributed by atoms with van der Waals surface area (Å²) in [5, 5.41) is 0.674. The molecule has 0 amide bonds. The molecule has 1 aliphatic carbocycles. The van der Waals surface area contributed by atoms with E-state index in [0.29, 0.717) is 17.9 Å². The van der Waals surface area contributed by atoms with Crippen molar-refractivity contribution < 1.29 is 9.59 Å². The average molecular weight is 473 g/mol. The summed E-state index contributed by atoms with van der Waals surface area (Å²) in [6.45, 7) is 14.5.